The molecule has 2 amide bonds. The number of aromatic nitrogens is 3. The van der Waals surface area contributed by atoms with Gasteiger partial charge in [0.2, 0.25) is 11.8 Å². The lowest BCUT2D eigenvalue weighted by molar-refractivity contribution is -0.137. The number of imidazole rings is 1. The zero-order chi connectivity index (χ0) is 19.1. The summed E-state index contributed by atoms with van der Waals surface area (Å²) in [5.41, 5.74) is 3.33. The van der Waals surface area contributed by atoms with Crippen molar-refractivity contribution in [2.24, 2.45) is 5.92 Å². The van der Waals surface area contributed by atoms with E-state index in [0.717, 1.165) is 41.0 Å². The molecule has 2 aliphatic rings. The van der Waals surface area contributed by atoms with Crippen molar-refractivity contribution < 1.29 is 9.59 Å². The molecule has 0 bridgehead atoms. The number of carbonyl (C=O) groups excluding carboxylic acids is 2. The average Bonchev–Trinajstić information content (AvgIpc) is 3.47. The van der Waals surface area contributed by atoms with E-state index in [2.05, 4.69) is 20.3 Å². The van der Waals surface area contributed by atoms with Crippen LogP contribution in [0.1, 0.15) is 25.7 Å². The summed E-state index contributed by atoms with van der Waals surface area (Å²) < 4.78 is 0. The molecule has 28 heavy (non-hydrogen) atoms. The Morgan fingerprint density at radius 2 is 2.11 bits per heavy atom. The highest BCUT2D eigenvalue weighted by molar-refractivity contribution is 5.96. The average molecular weight is 375 g/mol. The molecule has 3 aromatic rings. The number of carbonyl (C=O) groups is 2. The molecule has 1 aliphatic carbocycles. The Balaban J connectivity index is 1.32. The van der Waals surface area contributed by atoms with Crippen molar-refractivity contribution in [2.75, 3.05) is 11.9 Å². The van der Waals surface area contributed by atoms with E-state index in [1.807, 2.05) is 35.2 Å². The molecule has 1 atom stereocenters. The highest BCUT2D eigenvalue weighted by atomic mass is 16.2. The minimum Gasteiger partial charge on any atom is -0.339 e. The van der Waals surface area contributed by atoms with E-state index in [0.29, 0.717) is 25.4 Å². The van der Waals surface area contributed by atoms with Crippen molar-refractivity contribution in [3.8, 4) is 11.4 Å². The smallest absolute Gasteiger partial charge is 0.229 e. The Bertz CT molecular complexity index is 1040. The van der Waals surface area contributed by atoms with Gasteiger partial charge in [0.15, 0.2) is 0 Å². The van der Waals surface area contributed by atoms with Crippen LogP contribution in [0.3, 0.4) is 0 Å². The van der Waals surface area contributed by atoms with Crippen LogP contribution in [0.15, 0.2) is 42.7 Å². The summed E-state index contributed by atoms with van der Waals surface area (Å²) in [7, 11) is 0. The summed E-state index contributed by atoms with van der Waals surface area (Å²) in [6.07, 6.45) is 6.69. The van der Waals surface area contributed by atoms with Crippen molar-refractivity contribution in [2.45, 2.75) is 31.7 Å². The number of likely N-dealkylation sites (tertiary alicyclic amines) is 1. The molecule has 2 N–H and O–H groups in total. The van der Waals surface area contributed by atoms with Crippen LogP contribution in [0.4, 0.5) is 5.69 Å². The van der Waals surface area contributed by atoms with E-state index in [9.17, 15) is 9.59 Å². The maximum Gasteiger partial charge on any atom is 0.229 e. The Morgan fingerprint density at radius 1 is 1.21 bits per heavy atom. The van der Waals surface area contributed by atoms with Gasteiger partial charge in [0.05, 0.1) is 17.0 Å². The number of aromatic amines is 1. The second kappa shape index (κ2) is 6.74. The summed E-state index contributed by atoms with van der Waals surface area (Å²) in [5.74, 6) is 0.761. The molecule has 3 heterocycles. The van der Waals surface area contributed by atoms with Gasteiger partial charge in [-0.1, -0.05) is 0 Å². The molecule has 7 heteroatoms. The molecule has 142 valence electrons. The van der Waals surface area contributed by atoms with Gasteiger partial charge in [-0.2, -0.15) is 0 Å². The summed E-state index contributed by atoms with van der Waals surface area (Å²) in [6, 6.07) is 9.82. The second-order valence-corrected chi connectivity index (χ2v) is 7.56. The Kier molecular flexibility index (Phi) is 4.07. The van der Waals surface area contributed by atoms with E-state index in [-0.39, 0.29) is 17.7 Å². The molecule has 0 spiro atoms. The highest BCUT2D eigenvalue weighted by Gasteiger charge is 2.38. The largest absolute Gasteiger partial charge is 0.339 e. The monoisotopic (exact) mass is 375 g/mol. The van der Waals surface area contributed by atoms with Crippen molar-refractivity contribution >= 4 is 28.5 Å². The number of amides is 2. The zero-order valence-electron chi connectivity index (χ0n) is 15.4. The molecule has 5 rings (SSSR count). The zero-order valence-corrected chi connectivity index (χ0v) is 15.4. The number of hydrogen-bond acceptors (Lipinski definition) is 4. The van der Waals surface area contributed by atoms with E-state index >= 15 is 0 Å². The fourth-order valence-corrected chi connectivity index (χ4v) is 3.80. The normalized spacial score (nSPS) is 19.8. The second-order valence-electron chi connectivity index (χ2n) is 7.56. The van der Waals surface area contributed by atoms with Crippen LogP contribution in [0.2, 0.25) is 0 Å². The van der Waals surface area contributed by atoms with E-state index in [1.165, 1.54) is 0 Å². The number of pyridine rings is 1. The van der Waals surface area contributed by atoms with Gasteiger partial charge in [0.1, 0.15) is 5.82 Å². The van der Waals surface area contributed by atoms with Crippen LogP contribution in [0.25, 0.3) is 22.4 Å². The minimum atomic E-state index is -0.151. The van der Waals surface area contributed by atoms with Crippen LogP contribution in [-0.2, 0) is 9.59 Å². The number of rotatable bonds is 4. The van der Waals surface area contributed by atoms with Gasteiger partial charge >= 0.3 is 0 Å². The predicted molar refractivity (Wildman–Crippen MR) is 105 cm³/mol. The van der Waals surface area contributed by atoms with E-state index < -0.39 is 0 Å². The molecule has 2 fully saturated rings. The molecule has 1 saturated carbocycles. The fourth-order valence-electron chi connectivity index (χ4n) is 3.80. The lowest BCUT2D eigenvalue weighted by Crippen LogP contribution is -2.45. The fraction of sp³-hybridized carbons (Fsp3) is 0.333. The van der Waals surface area contributed by atoms with Crippen LogP contribution in [0, 0.1) is 5.92 Å². The number of nitrogens with one attached hydrogen (secondary N) is 2. The van der Waals surface area contributed by atoms with Crippen molar-refractivity contribution in [1.82, 2.24) is 19.9 Å². The Hall–Kier alpha value is -3.22. The van der Waals surface area contributed by atoms with Gasteiger partial charge in [-0.15, -0.1) is 0 Å². The summed E-state index contributed by atoms with van der Waals surface area (Å²) in [6.45, 7) is 0.535. The van der Waals surface area contributed by atoms with Crippen molar-refractivity contribution in [1.29, 1.82) is 0 Å². The van der Waals surface area contributed by atoms with Gasteiger partial charge in [-0.3, -0.25) is 14.6 Å². The molecular formula is C21H21N5O2. The van der Waals surface area contributed by atoms with Crippen molar-refractivity contribution in [3.05, 3.63) is 42.7 Å². The first-order valence-electron chi connectivity index (χ1n) is 9.68. The lowest BCUT2D eigenvalue weighted by Gasteiger charge is -2.32. The van der Waals surface area contributed by atoms with E-state index in [4.69, 9.17) is 0 Å². The first kappa shape index (κ1) is 16.9. The third kappa shape index (κ3) is 3.24. The lowest BCUT2D eigenvalue weighted by atomic mass is 9.96. The summed E-state index contributed by atoms with van der Waals surface area (Å²) >= 11 is 0. The molecule has 1 aromatic carbocycles. The first-order chi connectivity index (χ1) is 13.7. The standard InChI is InChI=1S/C21H21N5O2/c27-19-8-3-14(12-26(19)16-5-6-16)21(28)23-15-4-7-17-18(10-15)25-20(24-17)13-2-1-9-22-11-13/h1-2,4,7,9-11,14,16H,3,5-6,8,12H2,(H,23,28)(H,24,25). The quantitative estimate of drug-likeness (QED) is 0.733. The number of anilines is 1. The molecule has 7 nitrogen and oxygen atoms in total. The predicted octanol–water partition coefficient (Wildman–Crippen LogP) is 2.96. The number of fused-ring (bicyclic) bond motifs is 1. The third-order valence-corrected chi connectivity index (χ3v) is 5.49. The number of H-pyrrole nitrogens is 1. The Labute approximate surface area is 162 Å². The number of benzene rings is 1. The minimum absolute atomic E-state index is 0.0236. The third-order valence-electron chi connectivity index (χ3n) is 5.49. The van der Waals surface area contributed by atoms with Gasteiger partial charge in [-0.25, -0.2) is 4.98 Å². The summed E-state index contributed by atoms with van der Waals surface area (Å²) in [5, 5.41) is 3.01. The molecule has 1 aliphatic heterocycles. The molecule has 2 aromatic heterocycles. The number of piperidine rings is 1. The summed E-state index contributed by atoms with van der Waals surface area (Å²) in [4.78, 5) is 38.7. The van der Waals surface area contributed by atoms with Crippen LogP contribution in [0.5, 0.6) is 0 Å². The highest BCUT2D eigenvalue weighted by Crippen LogP contribution is 2.32. The van der Waals surface area contributed by atoms with Crippen LogP contribution < -0.4 is 5.32 Å². The molecular weight excluding hydrogens is 354 g/mol. The van der Waals surface area contributed by atoms with Gasteiger partial charge < -0.3 is 15.2 Å². The van der Waals surface area contributed by atoms with Crippen molar-refractivity contribution in [3.63, 3.8) is 0 Å². The topological polar surface area (TPSA) is 91.0 Å². The Morgan fingerprint density at radius 3 is 2.89 bits per heavy atom. The number of nitrogens with zero attached hydrogens (tertiary/aromatic N) is 3. The molecule has 1 saturated heterocycles. The van der Waals surface area contributed by atoms with E-state index in [1.54, 1.807) is 12.4 Å². The SMILES string of the molecule is O=C(Nc1ccc2nc(-c3cccnc3)[nH]c2c1)C1CCC(=O)N(C2CC2)C1. The van der Waals surface area contributed by atoms with Gasteiger partial charge in [0.25, 0.3) is 0 Å². The first-order valence-corrected chi connectivity index (χ1v) is 9.68. The maximum atomic E-state index is 12.7. The van der Waals surface area contributed by atoms with Gasteiger partial charge in [-0.05, 0) is 49.6 Å². The van der Waals surface area contributed by atoms with Crippen LogP contribution >= 0.6 is 0 Å². The van der Waals surface area contributed by atoms with Gasteiger partial charge in [0, 0.05) is 42.7 Å². The van der Waals surface area contributed by atoms with Crippen LogP contribution in [-0.4, -0.2) is 44.3 Å². The molecule has 0 radical (unpaired) electrons. The number of hydrogen-bond donors (Lipinski definition) is 2. The maximum absolute atomic E-state index is 12.7. The molecule has 1 unspecified atom stereocenters.